The van der Waals surface area contributed by atoms with Gasteiger partial charge in [-0.1, -0.05) is 11.8 Å². The van der Waals surface area contributed by atoms with E-state index in [2.05, 4.69) is 9.97 Å². The number of thioether (sulfide) groups is 1. The van der Waals surface area contributed by atoms with E-state index in [0.717, 1.165) is 0 Å². The highest BCUT2D eigenvalue weighted by atomic mass is 32.2. The van der Waals surface area contributed by atoms with Crippen molar-refractivity contribution in [1.82, 2.24) is 9.97 Å². The molecule has 0 saturated heterocycles. The molecule has 1 N–H and O–H groups in total. The summed E-state index contributed by atoms with van der Waals surface area (Å²) in [4.78, 5) is 18.2. The van der Waals surface area contributed by atoms with Crippen LogP contribution in [0.15, 0.2) is 16.0 Å². The summed E-state index contributed by atoms with van der Waals surface area (Å²) < 4.78 is 10.8. The van der Waals surface area contributed by atoms with Crippen LogP contribution >= 0.6 is 11.8 Å². The lowest BCUT2D eigenvalue weighted by Gasteiger charge is -2.16. The van der Waals surface area contributed by atoms with Crippen molar-refractivity contribution in [3.63, 3.8) is 0 Å². The lowest BCUT2D eigenvalue weighted by molar-refractivity contribution is -0.143. The molecule has 0 bridgehead atoms. The molecule has 0 amide bonds. The van der Waals surface area contributed by atoms with Crippen LogP contribution in [0.4, 0.5) is 0 Å². The zero-order chi connectivity index (χ0) is 12.0. The standard InChI is InChI=1S/C10H16N2O3S/c1-4-14-9(15-5-2)7-6-8(13)12-10(11-7)16-3/h6,9H,4-5H2,1-3H3,(H,11,12,13). The molecule has 0 radical (unpaired) electrons. The van der Waals surface area contributed by atoms with Gasteiger partial charge in [-0.15, -0.1) is 0 Å². The van der Waals surface area contributed by atoms with Crippen molar-refractivity contribution < 1.29 is 9.47 Å². The van der Waals surface area contributed by atoms with Gasteiger partial charge in [0, 0.05) is 19.3 Å². The number of nitrogens with one attached hydrogen (secondary N) is 1. The summed E-state index contributed by atoms with van der Waals surface area (Å²) in [5.41, 5.74) is 0.315. The summed E-state index contributed by atoms with van der Waals surface area (Å²) in [5, 5.41) is 0.562. The summed E-state index contributed by atoms with van der Waals surface area (Å²) >= 11 is 1.37. The van der Waals surface area contributed by atoms with Crippen molar-refractivity contribution in [2.75, 3.05) is 19.5 Å². The molecular weight excluding hydrogens is 228 g/mol. The first-order valence-electron chi connectivity index (χ1n) is 5.09. The van der Waals surface area contributed by atoms with Gasteiger partial charge >= 0.3 is 0 Å². The Bertz CT molecular complexity index is 375. The molecule has 1 rings (SSSR count). The first-order valence-corrected chi connectivity index (χ1v) is 6.32. The maximum absolute atomic E-state index is 11.4. The number of aromatic amines is 1. The van der Waals surface area contributed by atoms with E-state index in [1.165, 1.54) is 17.8 Å². The molecule has 90 valence electrons. The number of ether oxygens (including phenoxy) is 2. The molecule has 0 aliphatic rings. The zero-order valence-electron chi connectivity index (χ0n) is 9.65. The lowest BCUT2D eigenvalue weighted by atomic mass is 10.4. The van der Waals surface area contributed by atoms with E-state index in [4.69, 9.17) is 9.47 Å². The van der Waals surface area contributed by atoms with Crippen LogP contribution < -0.4 is 5.56 Å². The van der Waals surface area contributed by atoms with Gasteiger partial charge in [-0.05, 0) is 20.1 Å². The molecule has 1 aromatic heterocycles. The number of aromatic nitrogens is 2. The third-order valence-electron chi connectivity index (χ3n) is 1.81. The number of rotatable bonds is 6. The second kappa shape index (κ2) is 6.67. The Morgan fingerprint density at radius 1 is 1.44 bits per heavy atom. The quantitative estimate of drug-likeness (QED) is 0.467. The van der Waals surface area contributed by atoms with Crippen LogP contribution in [0.3, 0.4) is 0 Å². The van der Waals surface area contributed by atoms with Crippen molar-refractivity contribution in [2.45, 2.75) is 25.3 Å². The van der Waals surface area contributed by atoms with Crippen LogP contribution in [-0.2, 0) is 9.47 Å². The van der Waals surface area contributed by atoms with Gasteiger partial charge in [0.2, 0.25) is 6.29 Å². The maximum Gasteiger partial charge on any atom is 0.251 e. The van der Waals surface area contributed by atoms with Crippen LogP contribution in [0, 0.1) is 0 Å². The highest BCUT2D eigenvalue weighted by molar-refractivity contribution is 7.98. The summed E-state index contributed by atoms with van der Waals surface area (Å²) in [6, 6.07) is 1.40. The van der Waals surface area contributed by atoms with E-state index >= 15 is 0 Å². The van der Waals surface area contributed by atoms with Gasteiger partial charge in [-0.2, -0.15) is 0 Å². The Morgan fingerprint density at radius 2 is 2.06 bits per heavy atom. The van der Waals surface area contributed by atoms with Crippen molar-refractivity contribution in [1.29, 1.82) is 0 Å². The third kappa shape index (κ3) is 3.62. The molecule has 6 heteroatoms. The maximum atomic E-state index is 11.4. The van der Waals surface area contributed by atoms with Crippen molar-refractivity contribution in [3.8, 4) is 0 Å². The van der Waals surface area contributed by atoms with Crippen LogP contribution in [-0.4, -0.2) is 29.4 Å². The molecule has 1 heterocycles. The van der Waals surface area contributed by atoms with E-state index in [-0.39, 0.29) is 5.56 Å². The SMILES string of the molecule is CCOC(OCC)c1cc(=O)[nH]c(SC)n1. The molecular formula is C10H16N2O3S. The molecule has 0 aromatic carbocycles. The summed E-state index contributed by atoms with van der Waals surface area (Å²) in [6.07, 6.45) is 1.28. The molecule has 5 nitrogen and oxygen atoms in total. The molecule has 0 fully saturated rings. The predicted octanol–water partition coefficient (Wildman–Crippen LogP) is 1.56. The van der Waals surface area contributed by atoms with Gasteiger partial charge in [0.1, 0.15) is 5.69 Å². The average molecular weight is 244 g/mol. The summed E-state index contributed by atoms with van der Waals surface area (Å²) in [6.45, 7) is 4.75. The molecule has 0 atom stereocenters. The average Bonchev–Trinajstić information content (AvgIpc) is 2.28. The predicted molar refractivity (Wildman–Crippen MR) is 62.6 cm³/mol. The Balaban J connectivity index is 2.98. The number of H-pyrrole nitrogens is 1. The van der Waals surface area contributed by atoms with E-state index in [1.54, 1.807) is 0 Å². The topological polar surface area (TPSA) is 64.2 Å². The van der Waals surface area contributed by atoms with E-state index in [1.807, 2.05) is 20.1 Å². The zero-order valence-corrected chi connectivity index (χ0v) is 10.5. The highest BCUT2D eigenvalue weighted by Crippen LogP contribution is 2.17. The van der Waals surface area contributed by atoms with E-state index in [0.29, 0.717) is 24.1 Å². The summed E-state index contributed by atoms with van der Waals surface area (Å²) in [5.74, 6) is 0. The monoisotopic (exact) mass is 244 g/mol. The Kier molecular flexibility index (Phi) is 5.51. The minimum atomic E-state index is -0.566. The van der Waals surface area contributed by atoms with E-state index in [9.17, 15) is 4.79 Å². The van der Waals surface area contributed by atoms with Gasteiger partial charge in [-0.25, -0.2) is 4.98 Å². The minimum Gasteiger partial charge on any atom is -0.347 e. The molecule has 1 aromatic rings. The largest absolute Gasteiger partial charge is 0.347 e. The highest BCUT2D eigenvalue weighted by Gasteiger charge is 2.14. The number of hydrogen-bond acceptors (Lipinski definition) is 5. The molecule has 0 saturated carbocycles. The first kappa shape index (κ1) is 13.2. The van der Waals surface area contributed by atoms with Crippen LogP contribution in [0.25, 0.3) is 0 Å². The van der Waals surface area contributed by atoms with E-state index < -0.39 is 6.29 Å². The molecule has 0 aliphatic carbocycles. The van der Waals surface area contributed by atoms with Gasteiger partial charge in [0.05, 0.1) is 0 Å². The molecule has 0 aliphatic heterocycles. The Hall–Kier alpha value is -0.850. The van der Waals surface area contributed by atoms with Crippen LogP contribution in [0.1, 0.15) is 25.8 Å². The molecule has 0 spiro atoms. The fourth-order valence-electron chi connectivity index (χ4n) is 1.19. The fraction of sp³-hybridized carbons (Fsp3) is 0.600. The van der Waals surface area contributed by atoms with Crippen molar-refractivity contribution >= 4 is 11.8 Å². The van der Waals surface area contributed by atoms with Crippen LogP contribution in [0.5, 0.6) is 0 Å². The fourth-order valence-corrected chi connectivity index (χ4v) is 1.59. The first-order chi connectivity index (χ1) is 7.71. The second-order valence-electron chi connectivity index (χ2n) is 2.92. The Morgan fingerprint density at radius 3 is 2.56 bits per heavy atom. The van der Waals surface area contributed by atoms with Gasteiger partial charge in [-0.3, -0.25) is 4.79 Å². The van der Waals surface area contributed by atoms with Gasteiger partial charge in [0.15, 0.2) is 5.16 Å². The molecule has 0 unspecified atom stereocenters. The Labute approximate surface area is 98.6 Å². The smallest absolute Gasteiger partial charge is 0.251 e. The molecule has 16 heavy (non-hydrogen) atoms. The van der Waals surface area contributed by atoms with Crippen LogP contribution in [0.2, 0.25) is 0 Å². The lowest BCUT2D eigenvalue weighted by Crippen LogP contribution is -2.16. The number of nitrogens with zero attached hydrogens (tertiary/aromatic N) is 1. The number of hydrogen-bond donors (Lipinski definition) is 1. The third-order valence-corrected chi connectivity index (χ3v) is 2.39. The van der Waals surface area contributed by atoms with Gasteiger partial charge < -0.3 is 14.5 Å². The van der Waals surface area contributed by atoms with Crippen molar-refractivity contribution in [3.05, 3.63) is 22.1 Å². The summed E-state index contributed by atoms with van der Waals surface area (Å²) in [7, 11) is 0. The second-order valence-corrected chi connectivity index (χ2v) is 3.72. The minimum absolute atomic E-state index is 0.196. The van der Waals surface area contributed by atoms with Crippen molar-refractivity contribution in [2.24, 2.45) is 0 Å². The van der Waals surface area contributed by atoms with Gasteiger partial charge in [0.25, 0.3) is 5.56 Å². The normalized spacial score (nSPS) is 11.0.